The summed E-state index contributed by atoms with van der Waals surface area (Å²) in [5.74, 6) is 0.559. The fraction of sp³-hybridized carbons (Fsp3) is 0.571. The van der Waals surface area contributed by atoms with Crippen LogP contribution in [0.5, 0.6) is 0 Å². The van der Waals surface area contributed by atoms with Gasteiger partial charge in [-0.3, -0.25) is 4.79 Å². The first-order chi connectivity index (χ1) is 10.3. The molecule has 1 fully saturated rings. The zero-order chi connectivity index (χ0) is 14.3. The van der Waals surface area contributed by atoms with Crippen LogP contribution < -0.4 is 5.32 Å². The molecule has 2 aromatic heterocycles. The predicted octanol–water partition coefficient (Wildman–Crippen LogP) is 1.15. The molecule has 0 radical (unpaired) electrons. The number of aromatic amines is 1. The number of amides is 1. The van der Waals surface area contributed by atoms with Crippen molar-refractivity contribution < 1.29 is 4.79 Å². The van der Waals surface area contributed by atoms with Gasteiger partial charge in [-0.05, 0) is 31.7 Å². The Hall–Kier alpha value is -2.18. The van der Waals surface area contributed by atoms with Crippen LogP contribution in [0.25, 0.3) is 0 Å². The number of carbonyl (C=O) groups excluding carboxylic acids is 1. The fourth-order valence-corrected chi connectivity index (χ4v) is 3.57. The van der Waals surface area contributed by atoms with Gasteiger partial charge >= 0.3 is 0 Å². The molecule has 1 amide bonds. The molecule has 4 rings (SSSR count). The summed E-state index contributed by atoms with van der Waals surface area (Å²) in [5.41, 5.74) is 1.52. The van der Waals surface area contributed by atoms with E-state index in [-0.39, 0.29) is 5.91 Å². The molecule has 2 aliphatic rings. The molecule has 0 spiro atoms. The van der Waals surface area contributed by atoms with Crippen molar-refractivity contribution in [1.29, 1.82) is 0 Å². The van der Waals surface area contributed by atoms with Gasteiger partial charge in [-0.2, -0.15) is 5.21 Å². The van der Waals surface area contributed by atoms with Crippen LogP contribution in [0.1, 0.15) is 54.0 Å². The molecule has 0 saturated heterocycles. The topological polar surface area (TPSA) is 88.5 Å². The summed E-state index contributed by atoms with van der Waals surface area (Å²) in [6.07, 6.45) is 8.06. The van der Waals surface area contributed by atoms with E-state index < -0.39 is 5.54 Å². The minimum Gasteiger partial charge on any atom is -0.351 e. The van der Waals surface area contributed by atoms with Gasteiger partial charge in [-0.25, -0.2) is 0 Å². The van der Waals surface area contributed by atoms with Crippen LogP contribution in [0, 0.1) is 0 Å². The molecule has 7 nitrogen and oxygen atoms in total. The summed E-state index contributed by atoms with van der Waals surface area (Å²) >= 11 is 0. The third kappa shape index (κ3) is 2.03. The van der Waals surface area contributed by atoms with Gasteiger partial charge in [0.1, 0.15) is 5.54 Å². The molecule has 1 saturated carbocycles. The normalized spacial score (nSPS) is 19.6. The van der Waals surface area contributed by atoms with E-state index in [4.69, 9.17) is 0 Å². The Bertz CT molecular complexity index is 632. The van der Waals surface area contributed by atoms with Crippen molar-refractivity contribution >= 4 is 5.91 Å². The lowest BCUT2D eigenvalue weighted by Gasteiger charge is -2.26. The van der Waals surface area contributed by atoms with Gasteiger partial charge in [0.15, 0.2) is 5.82 Å². The SMILES string of the molecule is O=C(NC1(c2nn[nH]n2)CCCC1)c1cc2n(c1)CCC2. The molecule has 0 atom stereocenters. The molecule has 3 heterocycles. The van der Waals surface area contributed by atoms with E-state index in [1.807, 2.05) is 12.3 Å². The van der Waals surface area contributed by atoms with Crippen molar-refractivity contribution in [1.82, 2.24) is 30.5 Å². The quantitative estimate of drug-likeness (QED) is 0.885. The molecule has 0 bridgehead atoms. The molecule has 0 aromatic carbocycles. The molecular formula is C14H18N6O. The lowest BCUT2D eigenvalue weighted by molar-refractivity contribution is 0.0893. The highest BCUT2D eigenvalue weighted by Gasteiger charge is 2.41. The molecule has 1 aliphatic heterocycles. The van der Waals surface area contributed by atoms with Gasteiger partial charge in [-0.15, -0.1) is 10.2 Å². The Morgan fingerprint density at radius 2 is 2.19 bits per heavy atom. The molecule has 110 valence electrons. The molecule has 21 heavy (non-hydrogen) atoms. The number of hydrogen-bond acceptors (Lipinski definition) is 4. The van der Waals surface area contributed by atoms with Crippen LogP contribution >= 0.6 is 0 Å². The summed E-state index contributed by atoms with van der Waals surface area (Å²) in [6.45, 7) is 1.01. The number of aromatic nitrogens is 5. The zero-order valence-corrected chi connectivity index (χ0v) is 11.8. The Morgan fingerprint density at radius 3 is 2.90 bits per heavy atom. The van der Waals surface area contributed by atoms with Crippen LogP contribution in [0.15, 0.2) is 12.3 Å². The summed E-state index contributed by atoms with van der Waals surface area (Å²) in [5, 5.41) is 17.5. The lowest BCUT2D eigenvalue weighted by atomic mass is 9.96. The van der Waals surface area contributed by atoms with E-state index in [0.717, 1.165) is 44.2 Å². The number of fused-ring (bicyclic) bond motifs is 1. The second-order valence-electron chi connectivity index (χ2n) is 6.00. The first-order valence-electron chi connectivity index (χ1n) is 7.52. The van der Waals surface area contributed by atoms with Crippen molar-refractivity contribution in [3.05, 3.63) is 29.3 Å². The van der Waals surface area contributed by atoms with E-state index in [1.165, 1.54) is 12.1 Å². The van der Waals surface area contributed by atoms with Crippen molar-refractivity contribution in [3.63, 3.8) is 0 Å². The van der Waals surface area contributed by atoms with E-state index in [2.05, 4.69) is 30.5 Å². The number of carbonyl (C=O) groups is 1. The predicted molar refractivity (Wildman–Crippen MR) is 74.5 cm³/mol. The van der Waals surface area contributed by atoms with Gasteiger partial charge < -0.3 is 9.88 Å². The van der Waals surface area contributed by atoms with E-state index >= 15 is 0 Å². The molecule has 2 aromatic rings. The second-order valence-corrected chi connectivity index (χ2v) is 6.00. The number of hydrogen-bond donors (Lipinski definition) is 2. The summed E-state index contributed by atoms with van der Waals surface area (Å²) in [6, 6.07) is 2.00. The Kier molecular flexibility index (Phi) is 2.80. The third-order valence-corrected chi connectivity index (χ3v) is 4.66. The maximum absolute atomic E-state index is 12.6. The fourth-order valence-electron chi connectivity index (χ4n) is 3.57. The van der Waals surface area contributed by atoms with Gasteiger partial charge in [0.25, 0.3) is 5.91 Å². The summed E-state index contributed by atoms with van der Waals surface area (Å²) < 4.78 is 2.17. The van der Waals surface area contributed by atoms with Crippen molar-refractivity contribution in [3.8, 4) is 0 Å². The van der Waals surface area contributed by atoms with Gasteiger partial charge in [0.2, 0.25) is 0 Å². The molecule has 2 N–H and O–H groups in total. The average Bonchev–Trinajstić information content (AvgIpc) is 3.22. The van der Waals surface area contributed by atoms with Crippen LogP contribution in [0.3, 0.4) is 0 Å². The minimum absolute atomic E-state index is 0.0383. The summed E-state index contributed by atoms with van der Waals surface area (Å²) in [4.78, 5) is 12.6. The maximum atomic E-state index is 12.6. The number of rotatable bonds is 3. The zero-order valence-electron chi connectivity index (χ0n) is 11.8. The van der Waals surface area contributed by atoms with E-state index in [1.54, 1.807) is 0 Å². The maximum Gasteiger partial charge on any atom is 0.253 e. The van der Waals surface area contributed by atoms with Crippen LogP contribution in [-0.2, 0) is 18.5 Å². The molecule has 1 aliphatic carbocycles. The average molecular weight is 286 g/mol. The molecule has 0 unspecified atom stereocenters. The summed E-state index contributed by atoms with van der Waals surface area (Å²) in [7, 11) is 0. The molecular weight excluding hydrogens is 268 g/mol. The Morgan fingerprint density at radius 1 is 1.33 bits per heavy atom. The first-order valence-corrected chi connectivity index (χ1v) is 7.52. The van der Waals surface area contributed by atoms with Crippen molar-refractivity contribution in [2.45, 2.75) is 50.6 Å². The second kappa shape index (κ2) is 4.68. The lowest BCUT2D eigenvalue weighted by Crippen LogP contribution is -2.44. The first kappa shape index (κ1) is 12.6. The van der Waals surface area contributed by atoms with E-state index in [9.17, 15) is 4.79 Å². The highest BCUT2D eigenvalue weighted by Crippen LogP contribution is 2.37. The number of nitrogens with one attached hydrogen (secondary N) is 2. The van der Waals surface area contributed by atoms with Gasteiger partial charge in [0.05, 0.1) is 5.56 Å². The van der Waals surface area contributed by atoms with Crippen LogP contribution in [-0.4, -0.2) is 31.1 Å². The largest absolute Gasteiger partial charge is 0.351 e. The van der Waals surface area contributed by atoms with Crippen LogP contribution in [0.2, 0.25) is 0 Å². The monoisotopic (exact) mass is 286 g/mol. The highest BCUT2D eigenvalue weighted by molar-refractivity contribution is 5.94. The van der Waals surface area contributed by atoms with Crippen LogP contribution in [0.4, 0.5) is 0 Å². The van der Waals surface area contributed by atoms with Crippen molar-refractivity contribution in [2.24, 2.45) is 0 Å². The van der Waals surface area contributed by atoms with Gasteiger partial charge in [-0.1, -0.05) is 18.1 Å². The minimum atomic E-state index is -0.462. The standard InChI is InChI=1S/C14H18N6O/c21-12(10-8-11-4-3-7-20(11)9-10)15-14(5-1-2-6-14)13-16-18-19-17-13/h8-9H,1-7H2,(H,15,21)(H,16,17,18,19). The number of nitrogens with zero attached hydrogens (tertiary/aromatic N) is 4. The molecule has 7 heteroatoms. The van der Waals surface area contributed by atoms with Crippen molar-refractivity contribution in [2.75, 3.05) is 0 Å². The van der Waals surface area contributed by atoms with E-state index in [0.29, 0.717) is 5.82 Å². The Balaban J connectivity index is 1.59. The third-order valence-electron chi connectivity index (χ3n) is 4.66. The number of H-pyrrole nitrogens is 1. The van der Waals surface area contributed by atoms with Gasteiger partial charge in [0, 0.05) is 18.4 Å². The number of aryl methyl sites for hydroxylation is 2. The Labute approximate surface area is 122 Å². The highest BCUT2D eigenvalue weighted by atomic mass is 16.1. The number of tetrazole rings is 1. The smallest absolute Gasteiger partial charge is 0.253 e.